The Bertz CT molecular complexity index is 857. The van der Waals surface area contributed by atoms with Crippen LogP contribution in [0.5, 0.6) is 0 Å². The molecule has 0 bridgehead atoms. The molecular formula is C19H24N6. The van der Waals surface area contributed by atoms with E-state index in [0.29, 0.717) is 0 Å². The lowest BCUT2D eigenvalue weighted by Crippen LogP contribution is -2.31. The normalized spacial score (nSPS) is 13.4. The van der Waals surface area contributed by atoms with Gasteiger partial charge in [0.15, 0.2) is 5.65 Å². The average Bonchev–Trinajstić information content (AvgIpc) is 3.07. The van der Waals surface area contributed by atoms with Gasteiger partial charge < -0.3 is 9.80 Å². The molecule has 0 unspecified atom stereocenters. The summed E-state index contributed by atoms with van der Waals surface area (Å²) < 4.78 is 0. The number of nitrogens with zero attached hydrogens (tertiary/aromatic N) is 5. The highest BCUT2D eigenvalue weighted by atomic mass is 15.3. The van der Waals surface area contributed by atoms with Crippen LogP contribution in [-0.4, -0.2) is 39.8 Å². The van der Waals surface area contributed by atoms with E-state index in [4.69, 9.17) is 9.97 Å². The molecule has 1 N–H and O–H groups in total. The van der Waals surface area contributed by atoms with Crippen LogP contribution in [0.2, 0.25) is 0 Å². The minimum absolute atomic E-state index is 0.780. The Morgan fingerprint density at radius 2 is 2.00 bits per heavy atom. The van der Waals surface area contributed by atoms with Crippen LogP contribution in [0.4, 0.5) is 11.8 Å². The maximum atomic E-state index is 4.95. The second-order valence-electron chi connectivity index (χ2n) is 6.48. The van der Waals surface area contributed by atoms with Crippen molar-refractivity contribution in [2.75, 3.05) is 29.4 Å². The highest BCUT2D eigenvalue weighted by Gasteiger charge is 2.25. The number of hydrogen-bond acceptors (Lipinski definition) is 5. The van der Waals surface area contributed by atoms with Gasteiger partial charge in [-0.3, -0.25) is 5.10 Å². The number of anilines is 2. The van der Waals surface area contributed by atoms with Crippen LogP contribution < -0.4 is 9.80 Å². The van der Waals surface area contributed by atoms with Crippen LogP contribution in [0.1, 0.15) is 31.5 Å². The second-order valence-corrected chi connectivity index (χ2v) is 6.48. The van der Waals surface area contributed by atoms with E-state index >= 15 is 0 Å². The summed E-state index contributed by atoms with van der Waals surface area (Å²) >= 11 is 0. The van der Waals surface area contributed by atoms with Gasteiger partial charge in [-0.1, -0.05) is 37.3 Å². The van der Waals surface area contributed by atoms with Crippen molar-refractivity contribution in [2.45, 2.75) is 33.2 Å². The fourth-order valence-electron chi connectivity index (χ4n) is 3.48. The van der Waals surface area contributed by atoms with Crippen LogP contribution >= 0.6 is 0 Å². The molecule has 1 aromatic carbocycles. The number of benzene rings is 1. The van der Waals surface area contributed by atoms with Crippen LogP contribution in [0.15, 0.2) is 30.3 Å². The van der Waals surface area contributed by atoms with E-state index in [0.717, 1.165) is 67.5 Å². The molecule has 6 nitrogen and oxygen atoms in total. The van der Waals surface area contributed by atoms with Gasteiger partial charge in [-0.15, -0.1) is 0 Å². The molecule has 3 heterocycles. The molecule has 25 heavy (non-hydrogen) atoms. The topological polar surface area (TPSA) is 60.9 Å². The molecule has 0 saturated heterocycles. The van der Waals surface area contributed by atoms with E-state index in [1.54, 1.807) is 0 Å². The summed E-state index contributed by atoms with van der Waals surface area (Å²) in [6, 6.07) is 10.6. The number of hydrogen-bond donors (Lipinski definition) is 1. The summed E-state index contributed by atoms with van der Waals surface area (Å²) in [5.74, 6) is 1.79. The fourth-order valence-corrected chi connectivity index (χ4v) is 3.48. The van der Waals surface area contributed by atoms with Gasteiger partial charge in [0.05, 0.1) is 11.1 Å². The third-order valence-corrected chi connectivity index (χ3v) is 4.76. The van der Waals surface area contributed by atoms with Gasteiger partial charge in [0, 0.05) is 32.6 Å². The summed E-state index contributed by atoms with van der Waals surface area (Å²) in [6.07, 6.45) is 2.02. The van der Waals surface area contributed by atoms with Crippen molar-refractivity contribution in [3.05, 3.63) is 41.6 Å². The predicted molar refractivity (Wildman–Crippen MR) is 101 cm³/mol. The van der Waals surface area contributed by atoms with E-state index in [2.05, 4.69) is 64.2 Å². The van der Waals surface area contributed by atoms with Crippen LogP contribution in [0.3, 0.4) is 0 Å². The Morgan fingerprint density at radius 1 is 1.16 bits per heavy atom. The number of H-pyrrole nitrogens is 1. The van der Waals surface area contributed by atoms with Crippen molar-refractivity contribution in [1.82, 2.24) is 20.2 Å². The summed E-state index contributed by atoms with van der Waals surface area (Å²) in [5.41, 5.74) is 3.23. The van der Waals surface area contributed by atoms with Crippen molar-refractivity contribution in [2.24, 2.45) is 0 Å². The van der Waals surface area contributed by atoms with Gasteiger partial charge in [-0.05, 0) is 18.9 Å². The molecule has 1 aliphatic rings. The van der Waals surface area contributed by atoms with Gasteiger partial charge in [0.1, 0.15) is 5.82 Å². The van der Waals surface area contributed by atoms with Crippen LogP contribution in [0, 0.1) is 0 Å². The molecule has 0 atom stereocenters. The Morgan fingerprint density at radius 3 is 2.76 bits per heavy atom. The van der Waals surface area contributed by atoms with Crippen LogP contribution in [-0.2, 0) is 13.0 Å². The molecule has 0 aliphatic carbocycles. The fraction of sp³-hybridized carbons (Fsp3) is 0.421. The third-order valence-electron chi connectivity index (χ3n) is 4.76. The SMILES string of the molecule is CCCN(CC)c1nc2c3c([nH]nc3n1)CCN2Cc1ccccc1. The van der Waals surface area contributed by atoms with Gasteiger partial charge in [0.2, 0.25) is 5.95 Å². The standard InChI is InChI=1S/C19H24N6/c1-3-11-24(4-2)19-20-17-16-15(22-23-17)10-12-25(18(16)21-19)13-14-8-6-5-7-9-14/h5-9H,3-4,10-13H2,1-2H3,(H,20,21,22,23). The Hall–Kier alpha value is -2.63. The molecule has 0 fully saturated rings. The molecule has 3 aromatic rings. The highest BCUT2D eigenvalue weighted by Crippen LogP contribution is 2.33. The molecule has 0 saturated carbocycles. The van der Waals surface area contributed by atoms with Gasteiger partial charge >= 0.3 is 0 Å². The molecule has 0 radical (unpaired) electrons. The molecule has 0 spiro atoms. The molecule has 0 amide bonds. The summed E-state index contributed by atoms with van der Waals surface area (Å²) in [4.78, 5) is 14.2. The number of rotatable bonds is 6. The van der Waals surface area contributed by atoms with Gasteiger partial charge in [-0.25, -0.2) is 0 Å². The zero-order chi connectivity index (χ0) is 17.2. The van der Waals surface area contributed by atoms with E-state index in [9.17, 15) is 0 Å². The van der Waals surface area contributed by atoms with Crippen molar-refractivity contribution >= 4 is 22.8 Å². The first-order valence-electron chi connectivity index (χ1n) is 9.09. The Balaban J connectivity index is 1.76. The first-order valence-corrected chi connectivity index (χ1v) is 9.09. The predicted octanol–water partition coefficient (Wildman–Crippen LogP) is 3.15. The number of aromatic amines is 1. The molecule has 2 aromatic heterocycles. The van der Waals surface area contributed by atoms with Crippen molar-refractivity contribution in [3.63, 3.8) is 0 Å². The smallest absolute Gasteiger partial charge is 0.229 e. The molecule has 130 valence electrons. The van der Waals surface area contributed by atoms with E-state index < -0.39 is 0 Å². The lowest BCUT2D eigenvalue weighted by atomic mass is 10.1. The van der Waals surface area contributed by atoms with E-state index in [1.165, 1.54) is 5.56 Å². The first-order chi connectivity index (χ1) is 12.3. The summed E-state index contributed by atoms with van der Waals surface area (Å²) in [6.45, 7) is 7.98. The Kier molecular flexibility index (Phi) is 4.26. The number of nitrogens with one attached hydrogen (secondary N) is 1. The first kappa shape index (κ1) is 15.9. The zero-order valence-electron chi connectivity index (χ0n) is 14.9. The number of aromatic nitrogens is 4. The van der Waals surface area contributed by atoms with E-state index in [1.807, 2.05) is 0 Å². The van der Waals surface area contributed by atoms with Crippen LogP contribution in [0.25, 0.3) is 11.0 Å². The minimum Gasteiger partial charge on any atom is -0.351 e. The molecule has 6 heteroatoms. The summed E-state index contributed by atoms with van der Waals surface area (Å²) in [7, 11) is 0. The zero-order valence-corrected chi connectivity index (χ0v) is 14.9. The van der Waals surface area contributed by atoms with Gasteiger partial charge in [0.25, 0.3) is 0 Å². The third kappa shape index (κ3) is 2.92. The Labute approximate surface area is 147 Å². The lowest BCUT2D eigenvalue weighted by Gasteiger charge is -2.29. The maximum Gasteiger partial charge on any atom is 0.229 e. The van der Waals surface area contributed by atoms with Crippen molar-refractivity contribution < 1.29 is 0 Å². The van der Waals surface area contributed by atoms with E-state index in [-0.39, 0.29) is 0 Å². The lowest BCUT2D eigenvalue weighted by molar-refractivity contribution is 0.733. The molecular weight excluding hydrogens is 312 g/mol. The van der Waals surface area contributed by atoms with Crippen molar-refractivity contribution in [1.29, 1.82) is 0 Å². The minimum atomic E-state index is 0.780. The van der Waals surface area contributed by atoms with Gasteiger partial charge in [-0.2, -0.15) is 15.1 Å². The molecule has 1 aliphatic heterocycles. The largest absolute Gasteiger partial charge is 0.351 e. The average molecular weight is 336 g/mol. The highest BCUT2D eigenvalue weighted by molar-refractivity contribution is 5.91. The molecule has 4 rings (SSSR count). The second kappa shape index (κ2) is 6.70. The van der Waals surface area contributed by atoms with Crippen molar-refractivity contribution in [3.8, 4) is 0 Å². The monoisotopic (exact) mass is 336 g/mol. The summed E-state index contributed by atoms with van der Waals surface area (Å²) in [5, 5.41) is 8.68. The quantitative estimate of drug-likeness (QED) is 0.749. The maximum absolute atomic E-state index is 4.95.